The van der Waals surface area contributed by atoms with Crippen molar-refractivity contribution in [2.75, 3.05) is 13.2 Å². The Morgan fingerprint density at radius 3 is 2.83 bits per heavy atom. The molecule has 24 heavy (non-hydrogen) atoms. The summed E-state index contributed by atoms with van der Waals surface area (Å²) in [5.41, 5.74) is 1.61. The van der Waals surface area contributed by atoms with E-state index in [4.69, 9.17) is 4.52 Å². The molecular weight excluding hydrogens is 308 g/mol. The lowest BCUT2D eigenvalue weighted by molar-refractivity contribution is 0.0481. The molecule has 0 unspecified atom stereocenters. The normalized spacial score (nSPS) is 25.5. The molecule has 2 aromatic heterocycles. The van der Waals surface area contributed by atoms with Gasteiger partial charge in [0.25, 0.3) is 11.8 Å². The van der Waals surface area contributed by atoms with Crippen LogP contribution >= 0.6 is 0 Å². The van der Waals surface area contributed by atoms with Crippen molar-refractivity contribution in [3.63, 3.8) is 0 Å². The average Bonchev–Trinajstić information content (AvgIpc) is 3.22. The largest absolute Gasteiger partial charge is 0.394 e. The molecule has 3 atom stereocenters. The van der Waals surface area contributed by atoms with Crippen molar-refractivity contribution >= 4 is 5.91 Å². The molecule has 1 amide bonds. The second-order valence-corrected chi connectivity index (χ2v) is 6.78. The number of pyridine rings is 1. The van der Waals surface area contributed by atoms with Crippen LogP contribution in [0.15, 0.2) is 16.7 Å². The Bertz CT molecular complexity index is 788. The number of carbonyl (C=O) groups excluding carboxylic acids is 1. The van der Waals surface area contributed by atoms with Gasteiger partial charge in [-0.05, 0) is 50.7 Å². The van der Waals surface area contributed by atoms with Gasteiger partial charge in [0.05, 0.1) is 18.2 Å². The maximum atomic E-state index is 13.1. The number of aryl methyl sites for hydroxylation is 2. The summed E-state index contributed by atoms with van der Waals surface area (Å²) < 4.78 is 5.23. The molecule has 126 valence electrons. The van der Waals surface area contributed by atoms with E-state index in [2.05, 4.69) is 15.1 Å². The van der Waals surface area contributed by atoms with Crippen LogP contribution in [0, 0.1) is 25.7 Å². The molecule has 3 heterocycles. The second-order valence-electron chi connectivity index (χ2n) is 6.78. The third-order valence-corrected chi connectivity index (χ3v) is 4.98. The quantitative estimate of drug-likeness (QED) is 0.920. The Hall–Kier alpha value is -2.28. The summed E-state index contributed by atoms with van der Waals surface area (Å²) >= 11 is 0. The SMILES string of the molecule is Cc1ccc(-c2nc(C)no2)c(C(=O)N2C[C@@H]3C[C@@H]3C[C@H]2CO)n1. The van der Waals surface area contributed by atoms with Crippen LogP contribution in [0.1, 0.15) is 34.8 Å². The van der Waals surface area contributed by atoms with Crippen LogP contribution < -0.4 is 0 Å². The van der Waals surface area contributed by atoms with Gasteiger partial charge in [-0.1, -0.05) is 5.16 Å². The van der Waals surface area contributed by atoms with Gasteiger partial charge in [-0.2, -0.15) is 4.98 Å². The maximum Gasteiger partial charge on any atom is 0.273 e. The first-order valence-electron chi connectivity index (χ1n) is 8.27. The molecule has 0 radical (unpaired) electrons. The summed E-state index contributed by atoms with van der Waals surface area (Å²) in [4.78, 5) is 23.6. The molecule has 1 N–H and O–H groups in total. The first kappa shape index (κ1) is 15.3. The highest BCUT2D eigenvalue weighted by Crippen LogP contribution is 2.47. The minimum atomic E-state index is -0.172. The van der Waals surface area contributed by atoms with Crippen molar-refractivity contribution < 1.29 is 14.4 Å². The molecule has 1 aliphatic carbocycles. The van der Waals surface area contributed by atoms with E-state index in [1.807, 2.05) is 13.0 Å². The summed E-state index contributed by atoms with van der Waals surface area (Å²) in [6.45, 7) is 4.24. The van der Waals surface area contributed by atoms with Gasteiger partial charge in [-0.25, -0.2) is 4.98 Å². The highest BCUT2D eigenvalue weighted by Gasteiger charge is 2.47. The molecule has 2 fully saturated rings. The number of amides is 1. The van der Waals surface area contributed by atoms with E-state index in [1.54, 1.807) is 17.9 Å². The van der Waals surface area contributed by atoms with E-state index < -0.39 is 0 Å². The lowest BCUT2D eigenvalue weighted by Gasteiger charge is -2.34. The highest BCUT2D eigenvalue weighted by molar-refractivity contribution is 5.98. The fourth-order valence-electron chi connectivity index (χ4n) is 3.56. The molecule has 0 spiro atoms. The van der Waals surface area contributed by atoms with Gasteiger partial charge >= 0.3 is 0 Å². The van der Waals surface area contributed by atoms with Gasteiger partial charge < -0.3 is 14.5 Å². The Kier molecular flexibility index (Phi) is 3.60. The monoisotopic (exact) mass is 328 g/mol. The van der Waals surface area contributed by atoms with Crippen molar-refractivity contribution in [3.05, 3.63) is 29.3 Å². The zero-order valence-electron chi connectivity index (χ0n) is 13.8. The van der Waals surface area contributed by atoms with E-state index in [0.717, 1.165) is 18.5 Å². The van der Waals surface area contributed by atoms with Crippen LogP contribution in [-0.4, -0.2) is 50.2 Å². The number of rotatable bonds is 3. The molecule has 1 saturated carbocycles. The number of aromatic nitrogens is 3. The Morgan fingerprint density at radius 2 is 2.12 bits per heavy atom. The number of aliphatic hydroxyl groups is 1. The van der Waals surface area contributed by atoms with Crippen molar-refractivity contribution in [2.24, 2.45) is 11.8 Å². The van der Waals surface area contributed by atoms with Crippen molar-refractivity contribution in [1.82, 2.24) is 20.0 Å². The van der Waals surface area contributed by atoms with Gasteiger partial charge in [0.1, 0.15) is 5.69 Å². The number of piperidine rings is 1. The first-order valence-corrected chi connectivity index (χ1v) is 8.27. The Morgan fingerprint density at radius 1 is 1.29 bits per heavy atom. The van der Waals surface area contributed by atoms with Gasteiger partial charge in [-0.3, -0.25) is 4.79 Å². The molecule has 1 saturated heterocycles. The lowest BCUT2D eigenvalue weighted by Crippen LogP contribution is -2.47. The number of nitrogens with zero attached hydrogens (tertiary/aromatic N) is 4. The van der Waals surface area contributed by atoms with Gasteiger partial charge in [-0.15, -0.1) is 0 Å². The lowest BCUT2D eigenvalue weighted by atomic mass is 10.0. The fraction of sp³-hybridized carbons (Fsp3) is 0.529. The van der Waals surface area contributed by atoms with Crippen LogP contribution in [0.25, 0.3) is 11.5 Å². The van der Waals surface area contributed by atoms with Gasteiger partial charge in [0, 0.05) is 12.2 Å². The van der Waals surface area contributed by atoms with Crippen LogP contribution in [0.3, 0.4) is 0 Å². The van der Waals surface area contributed by atoms with Crippen LogP contribution in [0.5, 0.6) is 0 Å². The van der Waals surface area contributed by atoms with Crippen LogP contribution in [0.2, 0.25) is 0 Å². The summed E-state index contributed by atoms with van der Waals surface area (Å²) in [6.07, 6.45) is 2.02. The Balaban J connectivity index is 1.72. The molecule has 4 rings (SSSR count). The predicted octanol–water partition coefficient (Wildman–Crippen LogP) is 1.59. The highest BCUT2D eigenvalue weighted by atomic mass is 16.5. The fourth-order valence-corrected chi connectivity index (χ4v) is 3.56. The number of fused-ring (bicyclic) bond motifs is 1. The second kappa shape index (κ2) is 5.66. The average molecular weight is 328 g/mol. The molecule has 0 aromatic carbocycles. The van der Waals surface area contributed by atoms with Crippen LogP contribution in [-0.2, 0) is 0 Å². The molecule has 2 aromatic rings. The summed E-state index contributed by atoms with van der Waals surface area (Å²) in [5, 5.41) is 13.5. The standard InChI is InChI=1S/C17H20N4O3/c1-9-3-4-14(16-19-10(2)20-24-16)15(18-9)17(23)21-7-12-5-11(12)6-13(21)8-22/h3-4,11-13,22H,5-8H2,1-2H3/t11-,12+,13+/m1/s1. The Labute approximate surface area is 139 Å². The predicted molar refractivity (Wildman–Crippen MR) is 85.1 cm³/mol. The van der Waals surface area contributed by atoms with E-state index in [9.17, 15) is 9.90 Å². The zero-order chi connectivity index (χ0) is 16.8. The van der Waals surface area contributed by atoms with E-state index in [1.165, 1.54) is 0 Å². The minimum absolute atomic E-state index is 0.0181. The van der Waals surface area contributed by atoms with E-state index in [0.29, 0.717) is 41.4 Å². The van der Waals surface area contributed by atoms with Crippen LogP contribution in [0.4, 0.5) is 0 Å². The third-order valence-electron chi connectivity index (χ3n) is 4.98. The number of hydrogen-bond donors (Lipinski definition) is 1. The number of aliphatic hydroxyl groups excluding tert-OH is 1. The molecule has 0 bridgehead atoms. The number of carbonyl (C=O) groups is 1. The van der Waals surface area contributed by atoms with E-state index >= 15 is 0 Å². The molecule has 2 aliphatic rings. The smallest absolute Gasteiger partial charge is 0.273 e. The topological polar surface area (TPSA) is 92.4 Å². The summed E-state index contributed by atoms with van der Waals surface area (Å²) in [5.74, 6) is 1.86. The number of hydrogen-bond acceptors (Lipinski definition) is 6. The first-order chi connectivity index (χ1) is 11.6. The van der Waals surface area contributed by atoms with Crippen molar-refractivity contribution in [1.29, 1.82) is 0 Å². The van der Waals surface area contributed by atoms with E-state index in [-0.39, 0.29) is 18.6 Å². The number of likely N-dealkylation sites (tertiary alicyclic amines) is 1. The molecule has 7 nitrogen and oxygen atoms in total. The maximum absolute atomic E-state index is 13.1. The molecule has 7 heteroatoms. The third kappa shape index (κ3) is 2.58. The molecular formula is C17H20N4O3. The summed E-state index contributed by atoms with van der Waals surface area (Å²) in [7, 11) is 0. The zero-order valence-corrected chi connectivity index (χ0v) is 13.8. The minimum Gasteiger partial charge on any atom is -0.394 e. The molecule has 1 aliphatic heterocycles. The summed E-state index contributed by atoms with van der Waals surface area (Å²) in [6, 6.07) is 3.48. The van der Waals surface area contributed by atoms with Crippen molar-refractivity contribution in [3.8, 4) is 11.5 Å². The van der Waals surface area contributed by atoms with Crippen molar-refractivity contribution in [2.45, 2.75) is 32.7 Å². The van der Waals surface area contributed by atoms with Gasteiger partial charge in [0.15, 0.2) is 5.82 Å². The van der Waals surface area contributed by atoms with Gasteiger partial charge in [0.2, 0.25) is 0 Å².